The molecule has 4 rings (SSSR count). The first-order chi connectivity index (χ1) is 15.6. The quantitative estimate of drug-likeness (QED) is 0.670. The minimum atomic E-state index is -0.0567. The van der Waals surface area contributed by atoms with Crippen LogP contribution in [0.5, 0.6) is 5.75 Å². The Bertz CT molecular complexity index is 898. The summed E-state index contributed by atoms with van der Waals surface area (Å²) in [4.78, 5) is 31.7. The number of carbonyl (C=O) groups is 2. The number of nitrogens with zero attached hydrogens (tertiary/aromatic N) is 3. The van der Waals surface area contributed by atoms with Crippen molar-refractivity contribution in [1.82, 2.24) is 14.7 Å². The molecule has 0 saturated carbocycles. The first kappa shape index (κ1) is 22.6. The van der Waals surface area contributed by atoms with Gasteiger partial charge in [-0.1, -0.05) is 41.9 Å². The minimum Gasteiger partial charge on any atom is -0.484 e. The Hall–Kier alpha value is -2.57. The van der Waals surface area contributed by atoms with Crippen LogP contribution in [-0.4, -0.2) is 72.4 Å². The maximum absolute atomic E-state index is 13.1. The summed E-state index contributed by atoms with van der Waals surface area (Å²) in [5, 5.41) is 0.630. The third kappa shape index (κ3) is 6.02. The molecule has 0 aliphatic carbocycles. The van der Waals surface area contributed by atoms with Gasteiger partial charge in [-0.15, -0.1) is 0 Å². The van der Waals surface area contributed by atoms with E-state index in [4.69, 9.17) is 16.3 Å². The molecule has 0 aromatic heterocycles. The van der Waals surface area contributed by atoms with E-state index in [0.29, 0.717) is 37.0 Å². The zero-order chi connectivity index (χ0) is 22.3. The fourth-order valence-corrected chi connectivity index (χ4v) is 4.57. The third-order valence-corrected chi connectivity index (χ3v) is 6.48. The average Bonchev–Trinajstić information content (AvgIpc) is 2.84. The molecule has 170 valence electrons. The van der Waals surface area contributed by atoms with Gasteiger partial charge in [0.25, 0.3) is 5.91 Å². The number of likely N-dealkylation sites (tertiary alicyclic amines) is 1. The van der Waals surface area contributed by atoms with E-state index in [9.17, 15) is 9.59 Å². The van der Waals surface area contributed by atoms with E-state index in [1.807, 2.05) is 11.0 Å². The molecule has 0 spiro atoms. The first-order valence-electron chi connectivity index (χ1n) is 11.3. The molecule has 2 saturated heterocycles. The molecule has 0 radical (unpaired) electrons. The van der Waals surface area contributed by atoms with Gasteiger partial charge in [0, 0.05) is 44.3 Å². The van der Waals surface area contributed by atoms with Gasteiger partial charge in [0.15, 0.2) is 6.61 Å². The zero-order valence-electron chi connectivity index (χ0n) is 18.3. The van der Waals surface area contributed by atoms with Crippen molar-refractivity contribution in [2.45, 2.75) is 19.4 Å². The van der Waals surface area contributed by atoms with Crippen LogP contribution in [0, 0.1) is 5.92 Å². The normalized spacial score (nSPS) is 19.6. The summed E-state index contributed by atoms with van der Waals surface area (Å²) >= 11 is 5.87. The number of piperidine rings is 1. The van der Waals surface area contributed by atoms with Gasteiger partial charge in [-0.3, -0.25) is 14.5 Å². The van der Waals surface area contributed by atoms with Gasteiger partial charge in [0.05, 0.1) is 5.92 Å². The highest BCUT2D eigenvalue weighted by Gasteiger charge is 2.31. The molecule has 2 aliphatic heterocycles. The summed E-state index contributed by atoms with van der Waals surface area (Å²) < 4.78 is 5.57. The second-order valence-corrected chi connectivity index (χ2v) is 8.94. The Morgan fingerprint density at radius 3 is 2.31 bits per heavy atom. The highest BCUT2D eigenvalue weighted by molar-refractivity contribution is 6.30. The van der Waals surface area contributed by atoms with Crippen LogP contribution < -0.4 is 4.74 Å². The molecule has 2 aliphatic rings. The number of hydrogen-bond donors (Lipinski definition) is 0. The topological polar surface area (TPSA) is 53.1 Å². The Morgan fingerprint density at radius 1 is 0.906 bits per heavy atom. The number of benzene rings is 2. The van der Waals surface area contributed by atoms with Crippen molar-refractivity contribution in [2.75, 3.05) is 45.9 Å². The molecule has 2 aromatic rings. The highest BCUT2D eigenvalue weighted by atomic mass is 35.5. The van der Waals surface area contributed by atoms with Crippen molar-refractivity contribution in [3.05, 3.63) is 65.2 Å². The number of amides is 2. The molecule has 2 fully saturated rings. The minimum absolute atomic E-state index is 0.00729. The standard InChI is InChI=1S/C25H30ClN3O3/c26-22-8-10-23(11-9-22)32-19-24(30)28-13-15-29(16-14-28)25(31)21-7-4-12-27(18-21)17-20-5-2-1-3-6-20/h1-3,5-6,8-11,21H,4,7,12-19H2. The van der Waals surface area contributed by atoms with E-state index in [-0.39, 0.29) is 24.3 Å². The molecule has 6 nitrogen and oxygen atoms in total. The van der Waals surface area contributed by atoms with Crippen molar-refractivity contribution in [1.29, 1.82) is 0 Å². The Labute approximate surface area is 194 Å². The van der Waals surface area contributed by atoms with Gasteiger partial charge in [-0.05, 0) is 49.2 Å². The lowest BCUT2D eigenvalue weighted by Crippen LogP contribution is -2.54. The van der Waals surface area contributed by atoms with Gasteiger partial charge in [0.1, 0.15) is 5.75 Å². The van der Waals surface area contributed by atoms with Crippen molar-refractivity contribution < 1.29 is 14.3 Å². The number of halogens is 1. The summed E-state index contributed by atoms with van der Waals surface area (Å²) in [6, 6.07) is 17.4. The molecule has 1 unspecified atom stereocenters. The molecule has 2 aromatic carbocycles. The molecule has 7 heteroatoms. The Balaban J connectivity index is 1.22. The van der Waals surface area contributed by atoms with Crippen LogP contribution in [-0.2, 0) is 16.1 Å². The smallest absolute Gasteiger partial charge is 0.260 e. The lowest BCUT2D eigenvalue weighted by Gasteiger charge is -2.39. The van der Waals surface area contributed by atoms with Crippen molar-refractivity contribution in [3.8, 4) is 5.75 Å². The van der Waals surface area contributed by atoms with E-state index in [2.05, 4.69) is 29.2 Å². The molecular weight excluding hydrogens is 426 g/mol. The fourth-order valence-electron chi connectivity index (χ4n) is 4.44. The van der Waals surface area contributed by atoms with E-state index in [1.54, 1.807) is 29.2 Å². The summed E-state index contributed by atoms with van der Waals surface area (Å²) in [6.45, 7) is 4.99. The van der Waals surface area contributed by atoms with E-state index >= 15 is 0 Å². The van der Waals surface area contributed by atoms with Crippen molar-refractivity contribution in [3.63, 3.8) is 0 Å². The van der Waals surface area contributed by atoms with E-state index in [1.165, 1.54) is 5.56 Å². The molecule has 2 heterocycles. The van der Waals surface area contributed by atoms with Crippen LogP contribution in [0.25, 0.3) is 0 Å². The van der Waals surface area contributed by atoms with Crippen LogP contribution in [0.2, 0.25) is 5.02 Å². The molecule has 2 amide bonds. The monoisotopic (exact) mass is 455 g/mol. The average molecular weight is 456 g/mol. The maximum atomic E-state index is 13.1. The summed E-state index contributed by atoms with van der Waals surface area (Å²) in [6.07, 6.45) is 1.99. The molecule has 1 atom stereocenters. The fraction of sp³-hybridized carbons (Fsp3) is 0.440. The van der Waals surface area contributed by atoms with Crippen molar-refractivity contribution in [2.24, 2.45) is 5.92 Å². The highest BCUT2D eigenvalue weighted by Crippen LogP contribution is 2.22. The Kier molecular flexibility index (Phi) is 7.66. The van der Waals surface area contributed by atoms with Gasteiger partial charge in [-0.25, -0.2) is 0 Å². The van der Waals surface area contributed by atoms with Gasteiger partial charge < -0.3 is 14.5 Å². The Morgan fingerprint density at radius 2 is 1.59 bits per heavy atom. The number of hydrogen-bond acceptors (Lipinski definition) is 4. The van der Waals surface area contributed by atoms with Gasteiger partial charge >= 0.3 is 0 Å². The van der Waals surface area contributed by atoms with Crippen LogP contribution in [0.4, 0.5) is 0 Å². The number of carbonyl (C=O) groups excluding carboxylic acids is 2. The summed E-state index contributed by atoms with van der Waals surface area (Å²) in [7, 11) is 0. The predicted molar refractivity (Wildman–Crippen MR) is 125 cm³/mol. The van der Waals surface area contributed by atoms with Crippen LogP contribution in [0.15, 0.2) is 54.6 Å². The molecule has 32 heavy (non-hydrogen) atoms. The van der Waals surface area contributed by atoms with Crippen LogP contribution in [0.1, 0.15) is 18.4 Å². The lowest BCUT2D eigenvalue weighted by molar-refractivity contribution is -0.144. The first-order valence-corrected chi connectivity index (χ1v) is 11.7. The number of ether oxygens (including phenoxy) is 1. The number of piperazine rings is 1. The molecular formula is C25H30ClN3O3. The lowest BCUT2D eigenvalue weighted by atomic mass is 9.95. The van der Waals surface area contributed by atoms with E-state index < -0.39 is 0 Å². The third-order valence-electron chi connectivity index (χ3n) is 6.22. The van der Waals surface area contributed by atoms with Crippen LogP contribution in [0.3, 0.4) is 0 Å². The summed E-state index contributed by atoms with van der Waals surface area (Å²) in [5.74, 6) is 0.836. The second kappa shape index (κ2) is 10.8. The van der Waals surface area contributed by atoms with Crippen LogP contribution >= 0.6 is 11.6 Å². The SMILES string of the molecule is O=C(COc1ccc(Cl)cc1)N1CCN(C(=O)C2CCCN(Cc3ccccc3)C2)CC1. The van der Waals surface area contributed by atoms with E-state index in [0.717, 1.165) is 32.5 Å². The molecule has 0 N–H and O–H groups in total. The molecule has 0 bridgehead atoms. The predicted octanol–water partition coefficient (Wildman–Crippen LogP) is 3.30. The van der Waals surface area contributed by atoms with Gasteiger partial charge in [0.2, 0.25) is 5.91 Å². The summed E-state index contributed by atoms with van der Waals surface area (Å²) in [5.41, 5.74) is 1.29. The van der Waals surface area contributed by atoms with Gasteiger partial charge in [-0.2, -0.15) is 0 Å². The largest absolute Gasteiger partial charge is 0.484 e. The zero-order valence-corrected chi connectivity index (χ0v) is 19.0. The maximum Gasteiger partial charge on any atom is 0.260 e. The second-order valence-electron chi connectivity index (χ2n) is 8.51. The number of rotatable bonds is 6. The van der Waals surface area contributed by atoms with Crippen molar-refractivity contribution >= 4 is 23.4 Å².